The van der Waals surface area contributed by atoms with E-state index in [-0.39, 0.29) is 12.3 Å². The number of nitrogens with zero attached hydrogens (tertiary/aromatic N) is 2. The van der Waals surface area contributed by atoms with Gasteiger partial charge < -0.3 is 5.32 Å². The molecule has 4 aromatic rings. The topological polar surface area (TPSA) is 62.3 Å². The summed E-state index contributed by atoms with van der Waals surface area (Å²) in [6, 6.07) is 21.3. The smallest absolute Gasteiger partial charge is 0.230 e. The number of thiazole rings is 1. The van der Waals surface area contributed by atoms with Gasteiger partial charge in [-0.3, -0.25) is 9.10 Å². The molecule has 1 amide bonds. The Labute approximate surface area is 230 Å². The molecular formula is C29H30ClN3O2S2. The van der Waals surface area contributed by atoms with Crippen LogP contribution in [0.5, 0.6) is 0 Å². The fraction of sp³-hybridized carbons (Fsp3) is 0.241. The van der Waals surface area contributed by atoms with Crippen LogP contribution in [0.15, 0.2) is 71.6 Å². The van der Waals surface area contributed by atoms with Gasteiger partial charge in [0.05, 0.1) is 22.7 Å². The van der Waals surface area contributed by atoms with Crippen LogP contribution in [-0.2, 0) is 28.6 Å². The minimum atomic E-state index is -1.25. The van der Waals surface area contributed by atoms with Gasteiger partial charge in [-0.25, -0.2) is 9.19 Å². The number of anilines is 2. The van der Waals surface area contributed by atoms with Crippen molar-refractivity contribution in [3.05, 3.63) is 93.3 Å². The summed E-state index contributed by atoms with van der Waals surface area (Å²) in [7, 11) is -1.25. The Morgan fingerprint density at radius 3 is 2.57 bits per heavy atom. The molecular weight excluding hydrogens is 522 g/mol. The lowest BCUT2D eigenvalue weighted by atomic mass is 10.1. The SMILES string of the molecule is CC.Cc1ccccc1S(=O)N1CCc2cc(-c3nc(NC(=O)Cc4ccccc4Cl)sc3C)ccc21. The summed E-state index contributed by atoms with van der Waals surface area (Å²) < 4.78 is 15.2. The normalized spacial score (nSPS) is 12.9. The van der Waals surface area contributed by atoms with E-state index in [1.807, 2.05) is 86.6 Å². The molecule has 5 nitrogen and oxygen atoms in total. The predicted molar refractivity (Wildman–Crippen MR) is 156 cm³/mol. The van der Waals surface area contributed by atoms with Crippen molar-refractivity contribution in [2.24, 2.45) is 0 Å². The largest absolute Gasteiger partial charge is 0.302 e. The lowest BCUT2D eigenvalue weighted by Crippen LogP contribution is -2.23. The van der Waals surface area contributed by atoms with Crippen LogP contribution in [-0.4, -0.2) is 21.6 Å². The van der Waals surface area contributed by atoms with Gasteiger partial charge in [0.15, 0.2) is 16.1 Å². The Kier molecular flexibility index (Phi) is 8.79. The van der Waals surface area contributed by atoms with Crippen LogP contribution in [0.4, 0.5) is 10.8 Å². The number of aromatic nitrogens is 1. The summed E-state index contributed by atoms with van der Waals surface area (Å²) in [4.78, 5) is 19.1. The molecule has 1 N–H and O–H groups in total. The van der Waals surface area contributed by atoms with Crippen molar-refractivity contribution in [3.8, 4) is 11.3 Å². The van der Waals surface area contributed by atoms with Crippen LogP contribution in [0.3, 0.4) is 0 Å². The van der Waals surface area contributed by atoms with Crippen molar-refractivity contribution in [1.82, 2.24) is 4.98 Å². The molecule has 1 aliphatic heterocycles. The second-order valence-corrected chi connectivity index (χ2v) is 11.4. The first-order valence-electron chi connectivity index (χ1n) is 12.3. The van der Waals surface area contributed by atoms with Gasteiger partial charge in [0.2, 0.25) is 5.91 Å². The highest BCUT2D eigenvalue weighted by molar-refractivity contribution is 7.86. The van der Waals surface area contributed by atoms with E-state index in [1.165, 1.54) is 11.3 Å². The average molecular weight is 552 g/mol. The first-order valence-corrected chi connectivity index (χ1v) is 14.6. The van der Waals surface area contributed by atoms with Gasteiger partial charge in [-0.15, -0.1) is 11.3 Å². The molecule has 0 saturated carbocycles. The van der Waals surface area contributed by atoms with Gasteiger partial charge in [0, 0.05) is 22.0 Å². The van der Waals surface area contributed by atoms with Gasteiger partial charge in [-0.1, -0.05) is 67.9 Å². The predicted octanol–water partition coefficient (Wildman–Crippen LogP) is 7.37. The number of nitrogens with one attached hydrogen (secondary N) is 1. The van der Waals surface area contributed by atoms with Crippen molar-refractivity contribution >= 4 is 50.6 Å². The van der Waals surface area contributed by atoms with E-state index in [2.05, 4.69) is 11.4 Å². The number of carbonyl (C=O) groups is 1. The summed E-state index contributed by atoms with van der Waals surface area (Å²) in [6.07, 6.45) is 1.02. The average Bonchev–Trinajstić information content (AvgIpc) is 3.49. The zero-order valence-corrected chi connectivity index (χ0v) is 23.8. The van der Waals surface area contributed by atoms with Crippen LogP contribution in [0.1, 0.15) is 35.4 Å². The molecule has 0 radical (unpaired) electrons. The van der Waals surface area contributed by atoms with Crippen molar-refractivity contribution in [1.29, 1.82) is 0 Å². The third-order valence-corrected chi connectivity index (χ3v) is 8.91. The standard InChI is InChI=1S/C27H24ClN3O2S2.C2H6/c1-17-7-3-6-10-24(17)35(33)31-14-13-20-15-21(11-12-23(20)31)26-18(2)34-27(30-26)29-25(32)16-19-8-4-5-9-22(19)28;1-2/h3-12,15H,13-14,16H2,1-2H3,(H,29,30,32);1-2H3. The first kappa shape index (κ1) is 27.0. The van der Waals surface area contributed by atoms with Crippen LogP contribution in [0, 0.1) is 13.8 Å². The van der Waals surface area contributed by atoms with Crippen molar-refractivity contribution in [2.45, 2.75) is 45.4 Å². The van der Waals surface area contributed by atoms with Gasteiger partial charge in [0.25, 0.3) is 0 Å². The molecule has 37 heavy (non-hydrogen) atoms. The minimum absolute atomic E-state index is 0.151. The highest BCUT2D eigenvalue weighted by atomic mass is 35.5. The molecule has 1 aromatic heterocycles. The molecule has 1 atom stereocenters. The second kappa shape index (κ2) is 12.0. The Hall–Kier alpha value is -3.00. The highest BCUT2D eigenvalue weighted by Gasteiger charge is 2.26. The molecule has 192 valence electrons. The molecule has 0 saturated heterocycles. The van der Waals surface area contributed by atoms with E-state index in [0.29, 0.717) is 16.7 Å². The van der Waals surface area contributed by atoms with E-state index in [0.717, 1.165) is 49.8 Å². The number of carbonyl (C=O) groups excluding carboxylic acids is 1. The van der Waals surface area contributed by atoms with Gasteiger partial charge >= 0.3 is 0 Å². The van der Waals surface area contributed by atoms with E-state index < -0.39 is 11.0 Å². The highest BCUT2D eigenvalue weighted by Crippen LogP contribution is 2.37. The number of rotatable bonds is 6. The molecule has 0 spiro atoms. The lowest BCUT2D eigenvalue weighted by Gasteiger charge is -2.19. The zero-order valence-electron chi connectivity index (χ0n) is 21.4. The molecule has 3 aromatic carbocycles. The monoisotopic (exact) mass is 551 g/mol. The van der Waals surface area contributed by atoms with E-state index in [9.17, 15) is 9.00 Å². The van der Waals surface area contributed by atoms with Gasteiger partial charge in [-0.2, -0.15) is 0 Å². The second-order valence-electron chi connectivity index (χ2n) is 8.45. The van der Waals surface area contributed by atoms with Crippen molar-refractivity contribution in [2.75, 3.05) is 16.2 Å². The van der Waals surface area contributed by atoms with E-state index in [4.69, 9.17) is 16.6 Å². The number of hydrogen-bond acceptors (Lipinski definition) is 4. The van der Waals surface area contributed by atoms with Crippen LogP contribution in [0.2, 0.25) is 5.02 Å². The maximum Gasteiger partial charge on any atom is 0.230 e. The fourth-order valence-electron chi connectivity index (χ4n) is 4.26. The number of hydrogen-bond donors (Lipinski definition) is 1. The van der Waals surface area contributed by atoms with E-state index in [1.54, 1.807) is 6.07 Å². The van der Waals surface area contributed by atoms with Crippen LogP contribution < -0.4 is 9.62 Å². The first-order chi connectivity index (χ1) is 17.9. The minimum Gasteiger partial charge on any atom is -0.302 e. The fourth-order valence-corrected chi connectivity index (χ4v) is 6.70. The molecule has 5 rings (SSSR count). The number of fused-ring (bicyclic) bond motifs is 1. The Morgan fingerprint density at radius 1 is 1.08 bits per heavy atom. The van der Waals surface area contributed by atoms with Crippen molar-refractivity contribution < 1.29 is 9.00 Å². The number of aryl methyl sites for hydroxylation is 2. The molecule has 8 heteroatoms. The zero-order chi connectivity index (χ0) is 26.5. The Balaban J connectivity index is 0.00000156. The molecule has 2 heterocycles. The van der Waals surface area contributed by atoms with Crippen molar-refractivity contribution in [3.63, 3.8) is 0 Å². The maximum absolute atomic E-state index is 13.3. The Bertz CT molecular complexity index is 1450. The number of benzene rings is 3. The summed E-state index contributed by atoms with van der Waals surface area (Å²) in [5, 5.41) is 4.05. The van der Waals surface area contributed by atoms with Gasteiger partial charge in [-0.05, 0) is 61.2 Å². The molecule has 1 unspecified atom stereocenters. The molecule has 0 aliphatic carbocycles. The molecule has 0 bridgehead atoms. The summed E-state index contributed by atoms with van der Waals surface area (Å²) in [5.74, 6) is -0.151. The third-order valence-electron chi connectivity index (χ3n) is 6.04. The summed E-state index contributed by atoms with van der Waals surface area (Å²) in [5.41, 5.74) is 5.80. The maximum atomic E-state index is 13.3. The molecule has 0 fully saturated rings. The molecule has 1 aliphatic rings. The third kappa shape index (κ3) is 5.95. The number of amides is 1. The Morgan fingerprint density at radius 2 is 1.81 bits per heavy atom. The van der Waals surface area contributed by atoms with Crippen LogP contribution in [0.25, 0.3) is 11.3 Å². The van der Waals surface area contributed by atoms with Crippen LogP contribution >= 0.6 is 22.9 Å². The lowest BCUT2D eigenvalue weighted by molar-refractivity contribution is -0.115. The summed E-state index contributed by atoms with van der Waals surface area (Å²) in [6.45, 7) is 8.70. The van der Waals surface area contributed by atoms with E-state index >= 15 is 0 Å². The number of halogens is 1. The quantitative estimate of drug-likeness (QED) is 0.272. The van der Waals surface area contributed by atoms with Gasteiger partial charge in [0.1, 0.15) is 0 Å². The summed E-state index contributed by atoms with van der Waals surface area (Å²) >= 11 is 7.64.